The number of carbonyl (C=O) groups excluding carboxylic acids is 1. The maximum absolute atomic E-state index is 12.0. The summed E-state index contributed by atoms with van der Waals surface area (Å²) in [6.45, 7) is 1.74. The van der Waals surface area contributed by atoms with E-state index >= 15 is 0 Å². The number of nitrogens with one attached hydrogen (secondary N) is 1. The smallest absolute Gasteiger partial charge is 0.274 e. The summed E-state index contributed by atoms with van der Waals surface area (Å²) in [6, 6.07) is 7.22. The average Bonchev–Trinajstić information content (AvgIpc) is 2.41. The third-order valence-electron chi connectivity index (χ3n) is 2.63. The van der Waals surface area contributed by atoms with E-state index in [2.05, 4.69) is 10.3 Å². The second-order valence-corrected chi connectivity index (χ2v) is 4.51. The van der Waals surface area contributed by atoms with Crippen molar-refractivity contribution < 1.29 is 9.72 Å². The van der Waals surface area contributed by atoms with Crippen LogP contribution < -0.4 is 5.32 Å². The molecule has 2 rings (SSSR count). The quantitative estimate of drug-likeness (QED) is 0.695. The van der Waals surface area contributed by atoms with E-state index in [4.69, 9.17) is 11.6 Å². The Morgan fingerprint density at radius 2 is 2.10 bits per heavy atom. The first-order valence-electron chi connectivity index (χ1n) is 5.65. The number of aryl methyl sites for hydroxylation is 1. The molecule has 102 valence electrons. The van der Waals surface area contributed by atoms with Crippen LogP contribution in [0.25, 0.3) is 0 Å². The van der Waals surface area contributed by atoms with Gasteiger partial charge in [0.2, 0.25) is 0 Å². The van der Waals surface area contributed by atoms with Crippen LogP contribution in [0, 0.1) is 17.0 Å². The minimum absolute atomic E-state index is 0.0926. The van der Waals surface area contributed by atoms with E-state index in [9.17, 15) is 14.9 Å². The van der Waals surface area contributed by atoms with Gasteiger partial charge in [0.1, 0.15) is 5.69 Å². The van der Waals surface area contributed by atoms with Crippen molar-refractivity contribution in [2.24, 2.45) is 0 Å². The molecular formula is C13H10ClN3O3. The van der Waals surface area contributed by atoms with E-state index in [0.717, 1.165) is 0 Å². The number of rotatable bonds is 3. The van der Waals surface area contributed by atoms with Gasteiger partial charge in [-0.1, -0.05) is 17.7 Å². The molecule has 1 aromatic heterocycles. The lowest BCUT2D eigenvalue weighted by Gasteiger charge is -2.07. The molecule has 20 heavy (non-hydrogen) atoms. The molecule has 0 aliphatic heterocycles. The highest BCUT2D eigenvalue weighted by atomic mass is 35.5. The van der Waals surface area contributed by atoms with E-state index in [-0.39, 0.29) is 11.4 Å². The zero-order valence-corrected chi connectivity index (χ0v) is 11.2. The molecule has 0 radical (unpaired) electrons. The molecule has 1 amide bonds. The first kappa shape index (κ1) is 14.0. The van der Waals surface area contributed by atoms with Crippen LogP contribution in [0.1, 0.15) is 16.1 Å². The Bertz CT molecular complexity index is 688. The van der Waals surface area contributed by atoms with Crippen LogP contribution in [-0.4, -0.2) is 15.8 Å². The fourth-order valence-corrected chi connectivity index (χ4v) is 1.73. The van der Waals surface area contributed by atoms with Crippen molar-refractivity contribution in [1.82, 2.24) is 4.98 Å². The van der Waals surface area contributed by atoms with Crippen LogP contribution in [0.5, 0.6) is 0 Å². The molecule has 0 spiro atoms. The topological polar surface area (TPSA) is 85.1 Å². The number of nitrogens with zero attached hydrogens (tertiary/aromatic N) is 2. The Kier molecular flexibility index (Phi) is 3.95. The summed E-state index contributed by atoms with van der Waals surface area (Å²) in [7, 11) is 0. The van der Waals surface area contributed by atoms with Gasteiger partial charge in [0.25, 0.3) is 11.6 Å². The molecule has 2 aromatic rings. The van der Waals surface area contributed by atoms with Gasteiger partial charge in [-0.2, -0.15) is 0 Å². The Morgan fingerprint density at radius 1 is 1.35 bits per heavy atom. The summed E-state index contributed by atoms with van der Waals surface area (Å²) in [4.78, 5) is 26.1. The number of carbonyl (C=O) groups is 1. The number of nitro groups is 1. The standard InChI is InChI=1S/C13H10ClN3O3/c1-8-2-3-10(17(19)20)7-11(8)16-13(18)12-6-9(14)4-5-15-12/h2-7H,1H3,(H,16,18). The minimum atomic E-state index is -0.521. The first-order chi connectivity index (χ1) is 9.47. The largest absolute Gasteiger partial charge is 0.320 e. The highest BCUT2D eigenvalue weighted by Gasteiger charge is 2.13. The van der Waals surface area contributed by atoms with Crippen molar-refractivity contribution in [3.05, 3.63) is 62.9 Å². The van der Waals surface area contributed by atoms with Crippen molar-refractivity contribution in [2.75, 3.05) is 5.32 Å². The minimum Gasteiger partial charge on any atom is -0.320 e. The van der Waals surface area contributed by atoms with Crippen LogP contribution in [0.2, 0.25) is 5.02 Å². The third-order valence-corrected chi connectivity index (χ3v) is 2.87. The van der Waals surface area contributed by atoms with Crippen LogP contribution in [-0.2, 0) is 0 Å². The Morgan fingerprint density at radius 3 is 2.75 bits per heavy atom. The molecule has 1 heterocycles. The molecule has 7 heteroatoms. The Hall–Kier alpha value is -2.47. The Balaban J connectivity index is 2.27. The molecule has 1 aromatic carbocycles. The number of benzene rings is 1. The van der Waals surface area contributed by atoms with E-state index in [0.29, 0.717) is 16.3 Å². The van der Waals surface area contributed by atoms with Crippen LogP contribution in [0.15, 0.2) is 36.5 Å². The lowest BCUT2D eigenvalue weighted by atomic mass is 10.1. The van der Waals surface area contributed by atoms with Gasteiger partial charge >= 0.3 is 0 Å². The third kappa shape index (κ3) is 3.10. The van der Waals surface area contributed by atoms with Gasteiger partial charge in [-0.25, -0.2) is 0 Å². The zero-order valence-electron chi connectivity index (χ0n) is 10.5. The molecular weight excluding hydrogens is 282 g/mol. The van der Waals surface area contributed by atoms with E-state index in [1.807, 2.05) is 0 Å². The highest BCUT2D eigenvalue weighted by molar-refractivity contribution is 6.30. The van der Waals surface area contributed by atoms with Crippen molar-refractivity contribution in [3.8, 4) is 0 Å². The Labute approximate surface area is 119 Å². The maximum Gasteiger partial charge on any atom is 0.274 e. The van der Waals surface area contributed by atoms with Crippen molar-refractivity contribution in [2.45, 2.75) is 6.92 Å². The van der Waals surface area contributed by atoms with Gasteiger partial charge in [-0.3, -0.25) is 19.9 Å². The van der Waals surface area contributed by atoms with Crippen LogP contribution in [0.3, 0.4) is 0 Å². The number of aromatic nitrogens is 1. The summed E-state index contributed by atoms with van der Waals surface area (Å²) in [6.07, 6.45) is 1.41. The fraction of sp³-hybridized carbons (Fsp3) is 0.0769. The molecule has 6 nitrogen and oxygen atoms in total. The zero-order chi connectivity index (χ0) is 14.7. The summed E-state index contributed by atoms with van der Waals surface area (Å²) >= 11 is 5.78. The summed E-state index contributed by atoms with van der Waals surface area (Å²) < 4.78 is 0. The van der Waals surface area contributed by atoms with Gasteiger partial charge in [0.05, 0.1) is 10.6 Å². The number of hydrogen-bond acceptors (Lipinski definition) is 4. The van der Waals surface area contributed by atoms with Gasteiger partial charge in [0, 0.05) is 23.4 Å². The van der Waals surface area contributed by atoms with Gasteiger partial charge < -0.3 is 5.32 Å². The van der Waals surface area contributed by atoms with Gasteiger partial charge in [0.15, 0.2) is 0 Å². The molecule has 0 aliphatic carbocycles. The number of nitro benzene ring substituents is 1. The maximum atomic E-state index is 12.0. The van der Waals surface area contributed by atoms with E-state index < -0.39 is 10.8 Å². The van der Waals surface area contributed by atoms with E-state index in [1.54, 1.807) is 19.1 Å². The molecule has 0 aliphatic rings. The molecule has 0 saturated heterocycles. The predicted molar refractivity (Wildman–Crippen MR) is 75.0 cm³/mol. The number of amides is 1. The fourth-order valence-electron chi connectivity index (χ4n) is 1.57. The monoisotopic (exact) mass is 291 g/mol. The lowest BCUT2D eigenvalue weighted by molar-refractivity contribution is -0.384. The number of hydrogen-bond donors (Lipinski definition) is 1. The van der Waals surface area contributed by atoms with E-state index in [1.165, 1.54) is 24.4 Å². The highest BCUT2D eigenvalue weighted by Crippen LogP contribution is 2.22. The molecule has 0 atom stereocenters. The first-order valence-corrected chi connectivity index (χ1v) is 6.03. The molecule has 0 fully saturated rings. The number of halogens is 1. The predicted octanol–water partition coefficient (Wildman–Crippen LogP) is 3.20. The van der Waals surface area contributed by atoms with Crippen LogP contribution >= 0.6 is 11.6 Å². The normalized spacial score (nSPS) is 10.1. The number of pyridine rings is 1. The second-order valence-electron chi connectivity index (χ2n) is 4.07. The second kappa shape index (κ2) is 5.66. The van der Waals surface area contributed by atoms with Crippen LogP contribution in [0.4, 0.5) is 11.4 Å². The lowest BCUT2D eigenvalue weighted by Crippen LogP contribution is -2.14. The molecule has 0 saturated carbocycles. The summed E-state index contributed by atoms with van der Waals surface area (Å²) in [5, 5.41) is 13.7. The average molecular weight is 292 g/mol. The van der Waals surface area contributed by atoms with Gasteiger partial charge in [-0.05, 0) is 24.6 Å². The molecule has 0 unspecified atom stereocenters. The number of non-ortho nitro benzene ring substituents is 1. The summed E-state index contributed by atoms with van der Waals surface area (Å²) in [5.74, 6) is -0.476. The molecule has 0 bridgehead atoms. The van der Waals surface area contributed by atoms with Crippen molar-refractivity contribution >= 4 is 28.9 Å². The summed E-state index contributed by atoms with van der Waals surface area (Å²) in [5.41, 5.74) is 1.13. The van der Waals surface area contributed by atoms with Crippen molar-refractivity contribution in [1.29, 1.82) is 0 Å². The SMILES string of the molecule is Cc1ccc([N+](=O)[O-])cc1NC(=O)c1cc(Cl)ccn1. The van der Waals surface area contributed by atoms with Gasteiger partial charge in [-0.15, -0.1) is 0 Å². The molecule has 1 N–H and O–H groups in total. The van der Waals surface area contributed by atoms with Crippen molar-refractivity contribution in [3.63, 3.8) is 0 Å². The number of anilines is 1.